The fourth-order valence-corrected chi connectivity index (χ4v) is 3.96. The maximum atomic E-state index is 12.5. The number of nitrogens with two attached hydrogens (primary N) is 1. The fraction of sp³-hybridized carbons (Fsp3) is 0.333. The summed E-state index contributed by atoms with van der Waals surface area (Å²) in [6, 6.07) is 6.83. The first kappa shape index (κ1) is 15.6. The normalized spacial score (nSPS) is 29.7. The second-order valence-electron chi connectivity index (χ2n) is 6.56. The molecule has 0 radical (unpaired) electrons. The Bertz CT molecular complexity index is 786. The van der Waals surface area contributed by atoms with E-state index in [4.69, 9.17) is 10.5 Å². The molecule has 1 saturated carbocycles. The summed E-state index contributed by atoms with van der Waals surface area (Å²) in [6.07, 6.45) is 6.43. The van der Waals surface area contributed by atoms with Crippen molar-refractivity contribution in [1.29, 1.82) is 0 Å². The molecule has 1 aliphatic heterocycles. The highest BCUT2D eigenvalue weighted by Crippen LogP contribution is 2.52. The van der Waals surface area contributed by atoms with Crippen molar-refractivity contribution in [2.75, 3.05) is 6.61 Å². The van der Waals surface area contributed by atoms with E-state index in [2.05, 4.69) is 5.10 Å². The first-order chi connectivity index (χ1) is 12.0. The van der Waals surface area contributed by atoms with Crippen molar-refractivity contribution in [2.45, 2.75) is 6.42 Å². The van der Waals surface area contributed by atoms with Crippen LogP contribution < -0.4 is 10.5 Å². The van der Waals surface area contributed by atoms with Crippen LogP contribution >= 0.6 is 0 Å². The molecule has 0 aromatic heterocycles. The quantitative estimate of drug-likeness (QED) is 0.484. The van der Waals surface area contributed by atoms with Gasteiger partial charge in [-0.1, -0.05) is 24.3 Å². The second-order valence-corrected chi connectivity index (χ2v) is 6.56. The standard InChI is InChI=1S/C18H17N3O4/c19-14(22)9-25-13-3-1-2-10(6-13)8-20-21-17(23)15-11-4-5-12(7-11)16(15)18(21)24/h1-6,8,11-12,15-16H,7,9H2,(H2,19,22)/t11-,12-,15-,16+/m0/s1. The van der Waals surface area contributed by atoms with Gasteiger partial charge in [-0.3, -0.25) is 14.4 Å². The summed E-state index contributed by atoms with van der Waals surface area (Å²) in [5, 5.41) is 5.10. The molecule has 4 atom stereocenters. The predicted octanol–water partition coefficient (Wildman–Crippen LogP) is 0.692. The SMILES string of the molecule is NC(=O)COc1cccc(C=NN2C(=O)[C@@H]3[C@H](C2=O)[C@H]2C=C[C@H]3C2)c1. The Morgan fingerprint density at radius 3 is 2.56 bits per heavy atom. The Morgan fingerprint density at radius 2 is 1.92 bits per heavy atom. The van der Waals surface area contributed by atoms with Crippen LogP contribution in [0.15, 0.2) is 41.5 Å². The van der Waals surface area contributed by atoms with E-state index in [1.165, 1.54) is 6.21 Å². The molecule has 2 bridgehead atoms. The fourth-order valence-electron chi connectivity index (χ4n) is 3.96. The van der Waals surface area contributed by atoms with E-state index in [1.54, 1.807) is 24.3 Å². The largest absolute Gasteiger partial charge is 0.484 e. The summed E-state index contributed by atoms with van der Waals surface area (Å²) < 4.78 is 5.23. The number of ether oxygens (including phenoxy) is 1. The lowest BCUT2D eigenvalue weighted by Crippen LogP contribution is -2.28. The van der Waals surface area contributed by atoms with Crippen molar-refractivity contribution < 1.29 is 19.1 Å². The third-order valence-electron chi connectivity index (χ3n) is 5.01. The topological polar surface area (TPSA) is 102 Å². The Balaban J connectivity index is 1.49. The van der Waals surface area contributed by atoms with Gasteiger partial charge in [-0.05, 0) is 36.0 Å². The number of carbonyl (C=O) groups is 3. The summed E-state index contributed by atoms with van der Waals surface area (Å²) >= 11 is 0. The van der Waals surface area contributed by atoms with Crippen molar-refractivity contribution in [3.05, 3.63) is 42.0 Å². The summed E-state index contributed by atoms with van der Waals surface area (Å²) in [6.45, 7) is -0.219. The van der Waals surface area contributed by atoms with Crippen molar-refractivity contribution >= 4 is 23.9 Å². The number of hydrogen-bond acceptors (Lipinski definition) is 5. The summed E-state index contributed by atoms with van der Waals surface area (Å²) in [5.74, 6) is -0.736. The average molecular weight is 339 g/mol. The van der Waals surface area contributed by atoms with Gasteiger partial charge in [0.1, 0.15) is 5.75 Å². The van der Waals surface area contributed by atoms with E-state index in [0.29, 0.717) is 11.3 Å². The van der Waals surface area contributed by atoms with Crippen LogP contribution in [0.1, 0.15) is 12.0 Å². The van der Waals surface area contributed by atoms with Gasteiger partial charge in [0.05, 0.1) is 18.1 Å². The van der Waals surface area contributed by atoms with E-state index in [-0.39, 0.29) is 42.1 Å². The van der Waals surface area contributed by atoms with Gasteiger partial charge in [0.15, 0.2) is 6.61 Å². The van der Waals surface area contributed by atoms with Gasteiger partial charge in [0.2, 0.25) is 0 Å². The molecular formula is C18H17N3O4. The van der Waals surface area contributed by atoms with Gasteiger partial charge in [0, 0.05) is 0 Å². The molecule has 128 valence electrons. The number of benzene rings is 1. The van der Waals surface area contributed by atoms with Crippen LogP contribution in [0.3, 0.4) is 0 Å². The van der Waals surface area contributed by atoms with E-state index in [0.717, 1.165) is 11.4 Å². The van der Waals surface area contributed by atoms with Gasteiger partial charge in [-0.15, -0.1) is 0 Å². The smallest absolute Gasteiger partial charge is 0.255 e. The zero-order valence-electron chi connectivity index (χ0n) is 13.4. The third kappa shape index (κ3) is 2.61. The molecule has 0 spiro atoms. The van der Waals surface area contributed by atoms with Crippen LogP contribution in [0.25, 0.3) is 0 Å². The molecule has 7 heteroatoms. The van der Waals surface area contributed by atoms with Crippen molar-refractivity contribution in [1.82, 2.24) is 5.01 Å². The number of imide groups is 1. The van der Waals surface area contributed by atoms with E-state index in [9.17, 15) is 14.4 Å². The molecule has 4 rings (SSSR count). The Hall–Kier alpha value is -2.96. The van der Waals surface area contributed by atoms with Gasteiger partial charge < -0.3 is 10.5 Å². The number of rotatable bonds is 5. The molecule has 25 heavy (non-hydrogen) atoms. The van der Waals surface area contributed by atoms with Crippen LogP contribution in [-0.2, 0) is 14.4 Å². The molecule has 1 aromatic carbocycles. The van der Waals surface area contributed by atoms with Crippen molar-refractivity contribution in [3.8, 4) is 5.75 Å². The van der Waals surface area contributed by atoms with Crippen LogP contribution in [0.5, 0.6) is 5.75 Å². The summed E-state index contributed by atoms with van der Waals surface area (Å²) in [7, 11) is 0. The van der Waals surface area contributed by atoms with E-state index in [1.807, 2.05) is 12.2 Å². The lowest BCUT2D eigenvalue weighted by molar-refractivity contribution is -0.140. The van der Waals surface area contributed by atoms with Gasteiger partial charge in [-0.25, -0.2) is 0 Å². The first-order valence-corrected chi connectivity index (χ1v) is 8.16. The Morgan fingerprint density at radius 1 is 1.24 bits per heavy atom. The van der Waals surface area contributed by atoms with Crippen LogP contribution in [0.2, 0.25) is 0 Å². The number of amides is 3. The number of primary amides is 1. The molecule has 0 unspecified atom stereocenters. The summed E-state index contributed by atoms with van der Waals surface area (Å²) in [5.41, 5.74) is 5.70. The molecule has 3 amide bonds. The highest BCUT2D eigenvalue weighted by atomic mass is 16.5. The van der Waals surface area contributed by atoms with Crippen LogP contribution in [-0.4, -0.2) is 35.6 Å². The number of fused-ring (bicyclic) bond motifs is 5. The van der Waals surface area contributed by atoms with E-state index >= 15 is 0 Å². The summed E-state index contributed by atoms with van der Waals surface area (Å²) in [4.78, 5) is 35.8. The molecule has 2 fully saturated rings. The lowest BCUT2D eigenvalue weighted by Gasteiger charge is -2.13. The molecule has 7 nitrogen and oxygen atoms in total. The first-order valence-electron chi connectivity index (χ1n) is 8.16. The Kier molecular flexibility index (Phi) is 3.63. The van der Waals surface area contributed by atoms with Crippen LogP contribution in [0.4, 0.5) is 0 Å². The molecule has 2 N–H and O–H groups in total. The highest BCUT2D eigenvalue weighted by Gasteiger charge is 2.59. The molecule has 1 heterocycles. The minimum atomic E-state index is -0.567. The maximum Gasteiger partial charge on any atom is 0.255 e. The minimum Gasteiger partial charge on any atom is -0.484 e. The van der Waals surface area contributed by atoms with Crippen LogP contribution in [0, 0.1) is 23.7 Å². The molecule has 2 aliphatic carbocycles. The third-order valence-corrected chi connectivity index (χ3v) is 5.01. The Labute approximate surface area is 144 Å². The number of hydrogen-bond donors (Lipinski definition) is 1. The lowest BCUT2D eigenvalue weighted by atomic mass is 9.85. The monoisotopic (exact) mass is 339 g/mol. The van der Waals surface area contributed by atoms with Crippen molar-refractivity contribution in [2.24, 2.45) is 34.5 Å². The number of hydrazone groups is 1. The minimum absolute atomic E-state index is 0.164. The molecule has 3 aliphatic rings. The molecular weight excluding hydrogens is 322 g/mol. The molecule has 1 saturated heterocycles. The number of carbonyl (C=O) groups excluding carboxylic acids is 3. The van der Waals surface area contributed by atoms with Gasteiger partial charge in [-0.2, -0.15) is 10.1 Å². The van der Waals surface area contributed by atoms with Crippen molar-refractivity contribution in [3.63, 3.8) is 0 Å². The zero-order chi connectivity index (χ0) is 17.6. The number of allylic oxidation sites excluding steroid dienone is 2. The predicted molar refractivity (Wildman–Crippen MR) is 88.3 cm³/mol. The molecule has 1 aromatic rings. The van der Waals surface area contributed by atoms with Gasteiger partial charge >= 0.3 is 0 Å². The zero-order valence-corrected chi connectivity index (χ0v) is 13.4. The number of nitrogens with zero attached hydrogens (tertiary/aromatic N) is 2. The van der Waals surface area contributed by atoms with Gasteiger partial charge in [0.25, 0.3) is 17.7 Å². The average Bonchev–Trinajstić information content (AvgIpc) is 3.26. The maximum absolute atomic E-state index is 12.5. The van der Waals surface area contributed by atoms with E-state index < -0.39 is 5.91 Å². The highest BCUT2D eigenvalue weighted by molar-refractivity contribution is 6.06. The second kappa shape index (κ2) is 5.84.